The van der Waals surface area contributed by atoms with Crippen LogP contribution >= 0.6 is 0 Å². The van der Waals surface area contributed by atoms with Crippen molar-refractivity contribution < 1.29 is 4.79 Å². The van der Waals surface area contributed by atoms with E-state index in [1.165, 1.54) is 0 Å². The summed E-state index contributed by atoms with van der Waals surface area (Å²) in [5, 5.41) is 1.07. The van der Waals surface area contributed by atoms with Crippen molar-refractivity contribution in [2.24, 2.45) is 5.41 Å². The van der Waals surface area contributed by atoms with Crippen molar-refractivity contribution >= 4 is 34.0 Å². The van der Waals surface area contributed by atoms with E-state index in [0.717, 1.165) is 90.2 Å². The first-order valence-electron chi connectivity index (χ1n) is 11.8. The van der Waals surface area contributed by atoms with Crippen LogP contribution in [0.2, 0.25) is 0 Å². The van der Waals surface area contributed by atoms with Crippen LogP contribution in [0.1, 0.15) is 24.8 Å². The highest BCUT2D eigenvalue weighted by molar-refractivity contribution is 6.13. The van der Waals surface area contributed by atoms with Crippen LogP contribution in [-0.4, -0.2) is 61.0 Å². The zero-order valence-electron chi connectivity index (χ0n) is 19.1. The Balaban J connectivity index is 1.26. The van der Waals surface area contributed by atoms with E-state index in [0.29, 0.717) is 5.41 Å². The van der Waals surface area contributed by atoms with Gasteiger partial charge >= 0.3 is 0 Å². The molecule has 3 aromatic rings. The average molecular weight is 441 g/mol. The van der Waals surface area contributed by atoms with Gasteiger partial charge in [-0.2, -0.15) is 0 Å². The van der Waals surface area contributed by atoms with Crippen LogP contribution in [0.5, 0.6) is 0 Å². The molecule has 3 aliphatic heterocycles. The second-order valence-corrected chi connectivity index (χ2v) is 10.7. The van der Waals surface area contributed by atoms with Crippen LogP contribution in [0, 0.1) is 5.41 Å². The molecule has 2 aromatic heterocycles. The molecule has 168 valence electrons. The summed E-state index contributed by atoms with van der Waals surface area (Å²) in [6, 6.07) is 8.34. The summed E-state index contributed by atoms with van der Waals surface area (Å²) in [7, 11) is 4.04. The van der Waals surface area contributed by atoms with Gasteiger partial charge in [0.05, 0.1) is 28.5 Å². The maximum absolute atomic E-state index is 13.1. The summed E-state index contributed by atoms with van der Waals surface area (Å²) in [4.78, 5) is 29.0. The van der Waals surface area contributed by atoms with E-state index in [1.807, 2.05) is 25.5 Å². The second-order valence-electron chi connectivity index (χ2n) is 10.7. The summed E-state index contributed by atoms with van der Waals surface area (Å²) in [5.74, 6) is 1.10. The highest BCUT2D eigenvalue weighted by Gasteiger charge is 2.54. The van der Waals surface area contributed by atoms with E-state index in [1.54, 1.807) is 4.90 Å². The van der Waals surface area contributed by atoms with Crippen LogP contribution < -0.4 is 15.5 Å². The summed E-state index contributed by atoms with van der Waals surface area (Å²) in [6.07, 6.45) is 6.72. The molecule has 7 rings (SSSR count). The molecule has 0 radical (unpaired) electrons. The molecule has 7 nitrogen and oxygen atoms in total. The molecule has 3 fully saturated rings. The monoisotopic (exact) mass is 440 g/mol. The minimum Gasteiger partial charge on any atom is -0.396 e. The van der Waals surface area contributed by atoms with Crippen molar-refractivity contribution in [2.45, 2.75) is 24.7 Å². The molecule has 4 aliphatic rings. The van der Waals surface area contributed by atoms with Gasteiger partial charge in [-0.05, 0) is 43.7 Å². The molecule has 1 aliphatic carbocycles. The standard InChI is InChI=1S/C26H28N6O/c1-30-12-25(13-30)14-32(15-25)23-19(27)9-17(10-29-23)16-4-5-20-18(8-16)22-21(11-28-20)31(2)24(33)26(22)6-3-7-26/h4-5,8-11H,3,6-7,12-15,27H2,1-2H3. The third-order valence-electron chi connectivity index (χ3n) is 8.40. The van der Waals surface area contributed by atoms with Gasteiger partial charge in [-0.3, -0.25) is 9.78 Å². The molecule has 0 atom stereocenters. The van der Waals surface area contributed by atoms with Crippen molar-refractivity contribution in [3.8, 4) is 11.1 Å². The van der Waals surface area contributed by atoms with Gasteiger partial charge in [0.1, 0.15) is 0 Å². The molecule has 0 bridgehead atoms. The number of nitrogens with two attached hydrogens (primary N) is 1. The highest BCUT2D eigenvalue weighted by atomic mass is 16.2. The Bertz CT molecular complexity index is 1330. The normalized spacial score (nSPS) is 22.4. The third-order valence-corrected chi connectivity index (χ3v) is 8.40. The Morgan fingerprint density at radius 1 is 0.970 bits per heavy atom. The molecule has 0 unspecified atom stereocenters. The maximum atomic E-state index is 13.1. The Kier molecular flexibility index (Phi) is 3.64. The number of carbonyl (C=O) groups is 1. The molecule has 2 saturated heterocycles. The van der Waals surface area contributed by atoms with Crippen molar-refractivity contribution in [3.05, 3.63) is 42.2 Å². The largest absolute Gasteiger partial charge is 0.396 e. The number of aromatic nitrogens is 2. The van der Waals surface area contributed by atoms with E-state index in [-0.39, 0.29) is 11.3 Å². The van der Waals surface area contributed by atoms with Crippen LogP contribution in [0.25, 0.3) is 22.0 Å². The number of carbonyl (C=O) groups excluding carboxylic acids is 1. The maximum Gasteiger partial charge on any atom is 0.237 e. The van der Waals surface area contributed by atoms with E-state index in [9.17, 15) is 4.79 Å². The molecule has 1 amide bonds. The quantitative estimate of drug-likeness (QED) is 0.660. The Morgan fingerprint density at radius 3 is 2.42 bits per heavy atom. The van der Waals surface area contributed by atoms with Gasteiger partial charge in [0, 0.05) is 61.4 Å². The summed E-state index contributed by atoms with van der Waals surface area (Å²) >= 11 is 0. The molecule has 1 saturated carbocycles. The van der Waals surface area contributed by atoms with E-state index in [2.05, 4.69) is 40.0 Å². The van der Waals surface area contributed by atoms with Crippen molar-refractivity contribution in [2.75, 3.05) is 55.8 Å². The van der Waals surface area contributed by atoms with Gasteiger partial charge in [-0.25, -0.2) is 4.98 Å². The summed E-state index contributed by atoms with van der Waals surface area (Å²) in [5.41, 5.74) is 12.4. The van der Waals surface area contributed by atoms with Gasteiger partial charge in [0.15, 0.2) is 5.82 Å². The van der Waals surface area contributed by atoms with Crippen LogP contribution in [0.4, 0.5) is 17.2 Å². The zero-order chi connectivity index (χ0) is 22.5. The molecule has 33 heavy (non-hydrogen) atoms. The Morgan fingerprint density at radius 2 is 1.76 bits per heavy atom. The van der Waals surface area contributed by atoms with Crippen LogP contribution in [0.3, 0.4) is 0 Å². The molecule has 2 spiro atoms. The SMILES string of the molecule is CN1CC2(C1)CN(c1ncc(-c3ccc4ncc5c(c4c3)C3(CCC3)C(=O)N5C)cc1N)C2. The van der Waals surface area contributed by atoms with Crippen molar-refractivity contribution in [1.29, 1.82) is 0 Å². The van der Waals surface area contributed by atoms with Crippen LogP contribution in [0.15, 0.2) is 36.7 Å². The smallest absolute Gasteiger partial charge is 0.237 e. The first kappa shape index (κ1) is 19.3. The Labute approximate surface area is 193 Å². The number of anilines is 3. The number of nitrogens with zero attached hydrogens (tertiary/aromatic N) is 5. The molecular formula is C26H28N6O. The Hall–Kier alpha value is -3.19. The third kappa shape index (κ3) is 2.46. The van der Waals surface area contributed by atoms with E-state index >= 15 is 0 Å². The lowest BCUT2D eigenvalue weighted by atomic mass is 9.64. The first-order chi connectivity index (χ1) is 15.9. The predicted octanol–water partition coefficient (Wildman–Crippen LogP) is 3.03. The summed E-state index contributed by atoms with van der Waals surface area (Å²) < 4.78 is 0. The van der Waals surface area contributed by atoms with Gasteiger partial charge in [-0.1, -0.05) is 12.5 Å². The van der Waals surface area contributed by atoms with Gasteiger partial charge in [0.2, 0.25) is 5.91 Å². The lowest BCUT2D eigenvalue weighted by molar-refractivity contribution is -0.125. The van der Waals surface area contributed by atoms with Crippen molar-refractivity contribution in [1.82, 2.24) is 14.9 Å². The molecular weight excluding hydrogens is 412 g/mol. The lowest BCUT2D eigenvalue weighted by Gasteiger charge is -2.60. The molecule has 7 heteroatoms. The fourth-order valence-electron chi connectivity index (χ4n) is 6.76. The number of fused-ring (bicyclic) bond motifs is 4. The molecule has 5 heterocycles. The van der Waals surface area contributed by atoms with Crippen molar-refractivity contribution in [3.63, 3.8) is 0 Å². The fraction of sp³-hybridized carbons (Fsp3) is 0.423. The second kappa shape index (κ2) is 6.23. The fourth-order valence-corrected chi connectivity index (χ4v) is 6.76. The average Bonchev–Trinajstić information content (AvgIpc) is 2.97. The minimum atomic E-state index is -0.367. The number of amides is 1. The van der Waals surface area contributed by atoms with Gasteiger partial charge < -0.3 is 20.4 Å². The molecule has 1 aromatic carbocycles. The number of likely N-dealkylation sites (tertiary alicyclic amines) is 1. The topological polar surface area (TPSA) is 78.6 Å². The van der Waals surface area contributed by atoms with Gasteiger partial charge in [-0.15, -0.1) is 0 Å². The predicted molar refractivity (Wildman–Crippen MR) is 130 cm³/mol. The first-order valence-corrected chi connectivity index (χ1v) is 11.8. The molecule has 2 N–H and O–H groups in total. The zero-order valence-corrected chi connectivity index (χ0v) is 19.1. The summed E-state index contributed by atoms with van der Waals surface area (Å²) in [6.45, 7) is 4.39. The van der Waals surface area contributed by atoms with E-state index < -0.39 is 0 Å². The number of hydrogen-bond donors (Lipinski definition) is 1. The number of benzene rings is 1. The number of nitrogen functional groups attached to an aromatic ring is 1. The number of hydrogen-bond acceptors (Lipinski definition) is 6. The number of rotatable bonds is 2. The lowest BCUT2D eigenvalue weighted by Crippen LogP contribution is -2.71. The highest BCUT2D eigenvalue weighted by Crippen LogP contribution is 2.55. The van der Waals surface area contributed by atoms with Crippen LogP contribution in [-0.2, 0) is 10.2 Å². The van der Waals surface area contributed by atoms with Gasteiger partial charge in [0.25, 0.3) is 0 Å². The van der Waals surface area contributed by atoms with E-state index in [4.69, 9.17) is 10.7 Å². The number of likely N-dealkylation sites (N-methyl/N-ethyl adjacent to an activating group) is 1. The minimum absolute atomic E-state index is 0.212. The number of pyridine rings is 2.